The number of aromatic nitrogens is 8. The molecule has 312 valence electrons. The number of aryl methyl sites for hydroxylation is 2. The number of nitrogens with zero attached hydrogens (tertiary/aromatic N) is 8. The molecule has 0 aliphatic rings. The fourth-order valence-electron chi connectivity index (χ4n) is 8.32. The Morgan fingerprint density at radius 2 is 0.591 bits per heavy atom. The van der Waals surface area contributed by atoms with Gasteiger partial charge in [-0.2, -0.15) is 0 Å². The molecule has 8 aromatic carbocycles. The van der Waals surface area contributed by atoms with E-state index in [1.54, 1.807) is 0 Å². The topological polar surface area (TPSA) is 103 Å². The van der Waals surface area contributed by atoms with Crippen molar-refractivity contribution in [2.24, 2.45) is 0 Å². The Morgan fingerprint density at radius 3 is 1.15 bits per heavy atom. The van der Waals surface area contributed by atoms with E-state index in [4.69, 9.17) is 39.9 Å². The van der Waals surface area contributed by atoms with Crippen LogP contribution in [0.4, 0.5) is 0 Å². The Balaban J connectivity index is 1.03. The molecule has 0 radical (unpaired) electrons. The van der Waals surface area contributed by atoms with E-state index in [1.807, 2.05) is 117 Å². The van der Waals surface area contributed by atoms with Crippen LogP contribution in [0, 0.1) is 13.8 Å². The van der Waals surface area contributed by atoms with E-state index in [0.717, 1.165) is 83.4 Å². The minimum atomic E-state index is 0.568. The third kappa shape index (κ3) is 8.11. The maximum Gasteiger partial charge on any atom is 0.164 e. The smallest absolute Gasteiger partial charge is 0.164 e. The van der Waals surface area contributed by atoms with Crippen molar-refractivity contribution in [1.29, 1.82) is 0 Å². The standard InChI is InChI=1S/C58H40N8/c1-37-34-38(2)60-58(59-37)51-36-46(40-26-29-44(30-27-40)55-62-52(41-17-6-3-7-18-41)61-53(63-55)42-19-8-4-9-20-42)32-33-49(51)48-24-14-15-25-50(48)57-65-54(43-21-10-5-11-22-43)64-56(66-57)47-31-28-39-16-12-13-23-45(39)35-47/h3-36H,1-2H3. The van der Waals surface area contributed by atoms with Gasteiger partial charge in [0.05, 0.1) is 0 Å². The van der Waals surface area contributed by atoms with E-state index in [1.165, 1.54) is 0 Å². The van der Waals surface area contributed by atoms with Gasteiger partial charge in [0.25, 0.3) is 0 Å². The van der Waals surface area contributed by atoms with Crippen LogP contribution in [0.2, 0.25) is 0 Å². The molecule has 0 bridgehead atoms. The summed E-state index contributed by atoms with van der Waals surface area (Å²) in [4.78, 5) is 40.2. The van der Waals surface area contributed by atoms with Crippen molar-refractivity contribution in [2.75, 3.05) is 0 Å². The summed E-state index contributed by atoms with van der Waals surface area (Å²) in [5, 5.41) is 2.27. The van der Waals surface area contributed by atoms with E-state index < -0.39 is 0 Å². The highest BCUT2D eigenvalue weighted by molar-refractivity contribution is 5.92. The summed E-state index contributed by atoms with van der Waals surface area (Å²) < 4.78 is 0. The van der Waals surface area contributed by atoms with Gasteiger partial charge in [-0.1, -0.05) is 188 Å². The molecule has 0 fully saturated rings. The van der Waals surface area contributed by atoms with Crippen LogP contribution in [-0.4, -0.2) is 39.9 Å². The van der Waals surface area contributed by atoms with Crippen LogP contribution < -0.4 is 0 Å². The second kappa shape index (κ2) is 17.4. The summed E-state index contributed by atoms with van der Waals surface area (Å²) in [7, 11) is 0. The van der Waals surface area contributed by atoms with Crippen LogP contribution in [0.3, 0.4) is 0 Å². The molecule has 0 aliphatic carbocycles. The summed E-state index contributed by atoms with van der Waals surface area (Å²) in [5.74, 6) is 4.25. The van der Waals surface area contributed by atoms with Gasteiger partial charge in [-0.15, -0.1) is 0 Å². The van der Waals surface area contributed by atoms with Crippen molar-refractivity contribution in [2.45, 2.75) is 13.8 Å². The van der Waals surface area contributed by atoms with Crippen molar-refractivity contribution in [1.82, 2.24) is 39.9 Å². The predicted molar refractivity (Wildman–Crippen MR) is 265 cm³/mol. The zero-order valence-electron chi connectivity index (χ0n) is 36.2. The van der Waals surface area contributed by atoms with Gasteiger partial charge in [0.1, 0.15) is 0 Å². The van der Waals surface area contributed by atoms with Crippen LogP contribution in [0.5, 0.6) is 0 Å². The van der Waals surface area contributed by atoms with E-state index in [9.17, 15) is 0 Å². The number of hydrogen-bond donors (Lipinski definition) is 0. The third-order valence-corrected chi connectivity index (χ3v) is 11.6. The lowest BCUT2D eigenvalue weighted by Crippen LogP contribution is -2.02. The lowest BCUT2D eigenvalue weighted by molar-refractivity contribution is 1.06. The lowest BCUT2D eigenvalue weighted by Gasteiger charge is -2.16. The molecular formula is C58H40N8. The van der Waals surface area contributed by atoms with Crippen LogP contribution in [0.25, 0.3) is 113 Å². The van der Waals surface area contributed by atoms with Crippen molar-refractivity contribution in [3.05, 3.63) is 218 Å². The third-order valence-electron chi connectivity index (χ3n) is 11.6. The van der Waals surface area contributed by atoms with E-state index in [0.29, 0.717) is 40.8 Å². The highest BCUT2D eigenvalue weighted by Gasteiger charge is 2.20. The normalized spacial score (nSPS) is 11.2. The summed E-state index contributed by atoms with van der Waals surface area (Å²) in [6.45, 7) is 4.01. The van der Waals surface area contributed by atoms with Crippen LogP contribution in [-0.2, 0) is 0 Å². The summed E-state index contributed by atoms with van der Waals surface area (Å²) in [5.41, 5.74) is 12.0. The first-order valence-corrected chi connectivity index (χ1v) is 21.8. The Hall–Kier alpha value is -8.88. The number of benzene rings is 8. The van der Waals surface area contributed by atoms with Gasteiger partial charge >= 0.3 is 0 Å². The molecule has 0 N–H and O–H groups in total. The van der Waals surface area contributed by atoms with Gasteiger partial charge in [-0.25, -0.2) is 39.9 Å². The van der Waals surface area contributed by atoms with Gasteiger partial charge in [-0.3, -0.25) is 0 Å². The average molecular weight is 849 g/mol. The molecule has 8 heteroatoms. The average Bonchev–Trinajstić information content (AvgIpc) is 3.38. The molecule has 11 rings (SSSR count). The Kier molecular flexibility index (Phi) is 10.5. The van der Waals surface area contributed by atoms with E-state index in [2.05, 4.69) is 103 Å². The first kappa shape index (κ1) is 39.9. The van der Waals surface area contributed by atoms with E-state index in [-0.39, 0.29) is 0 Å². The highest BCUT2D eigenvalue weighted by Crippen LogP contribution is 2.40. The van der Waals surface area contributed by atoms with Crippen molar-refractivity contribution in [3.8, 4) is 102 Å². The summed E-state index contributed by atoms with van der Waals surface area (Å²) >= 11 is 0. The molecule has 11 aromatic rings. The molecule has 0 spiro atoms. The summed E-state index contributed by atoms with van der Waals surface area (Å²) in [6, 6.07) is 69.9. The SMILES string of the molecule is Cc1cc(C)nc(-c2cc(-c3ccc(-c4nc(-c5ccccc5)nc(-c5ccccc5)n4)cc3)ccc2-c2ccccc2-c2nc(-c3ccccc3)nc(-c3ccc4ccccc4c3)n2)n1. The zero-order valence-corrected chi connectivity index (χ0v) is 36.2. The maximum atomic E-state index is 5.20. The van der Waals surface area contributed by atoms with Crippen molar-refractivity contribution in [3.63, 3.8) is 0 Å². The quantitative estimate of drug-likeness (QED) is 0.141. The first-order chi connectivity index (χ1) is 32.5. The highest BCUT2D eigenvalue weighted by atomic mass is 15.0. The lowest BCUT2D eigenvalue weighted by atomic mass is 9.91. The van der Waals surface area contributed by atoms with Crippen molar-refractivity contribution < 1.29 is 0 Å². The molecule has 3 heterocycles. The molecule has 0 atom stereocenters. The minimum Gasteiger partial charge on any atom is -0.233 e. The van der Waals surface area contributed by atoms with Gasteiger partial charge in [-0.05, 0) is 65.1 Å². The first-order valence-electron chi connectivity index (χ1n) is 21.8. The van der Waals surface area contributed by atoms with Gasteiger partial charge in [0.15, 0.2) is 40.8 Å². The Bertz CT molecular complexity index is 3460. The van der Waals surface area contributed by atoms with Gasteiger partial charge < -0.3 is 0 Å². The fourth-order valence-corrected chi connectivity index (χ4v) is 8.32. The zero-order chi connectivity index (χ0) is 44.4. The number of fused-ring (bicyclic) bond motifs is 1. The largest absolute Gasteiger partial charge is 0.233 e. The number of hydrogen-bond acceptors (Lipinski definition) is 8. The molecule has 8 nitrogen and oxygen atoms in total. The van der Waals surface area contributed by atoms with Crippen LogP contribution >= 0.6 is 0 Å². The minimum absolute atomic E-state index is 0.568. The molecular weight excluding hydrogens is 809 g/mol. The second-order valence-corrected chi connectivity index (χ2v) is 16.1. The van der Waals surface area contributed by atoms with Gasteiger partial charge in [0, 0.05) is 50.3 Å². The monoisotopic (exact) mass is 848 g/mol. The second-order valence-electron chi connectivity index (χ2n) is 16.1. The Morgan fingerprint density at radius 1 is 0.212 bits per heavy atom. The molecule has 0 saturated heterocycles. The molecule has 0 unspecified atom stereocenters. The number of rotatable bonds is 9. The van der Waals surface area contributed by atoms with Crippen LogP contribution in [0.15, 0.2) is 206 Å². The molecule has 0 amide bonds. The Labute approximate surface area is 382 Å². The van der Waals surface area contributed by atoms with Gasteiger partial charge in [0.2, 0.25) is 0 Å². The molecule has 3 aromatic heterocycles. The molecule has 66 heavy (non-hydrogen) atoms. The van der Waals surface area contributed by atoms with E-state index >= 15 is 0 Å². The van der Waals surface area contributed by atoms with Crippen LogP contribution in [0.1, 0.15) is 11.4 Å². The predicted octanol–water partition coefficient (Wildman–Crippen LogP) is 13.6. The summed E-state index contributed by atoms with van der Waals surface area (Å²) in [6.07, 6.45) is 0. The maximum absolute atomic E-state index is 5.20. The molecule has 0 saturated carbocycles. The fraction of sp³-hybridized carbons (Fsp3) is 0.0345. The van der Waals surface area contributed by atoms with Crippen molar-refractivity contribution >= 4 is 10.8 Å². The molecule has 0 aliphatic heterocycles.